The molecule has 98 valence electrons. The summed E-state index contributed by atoms with van der Waals surface area (Å²) >= 11 is 0. The molecule has 1 aliphatic carbocycles. The third-order valence-corrected chi connectivity index (χ3v) is 3.68. The molecule has 0 heterocycles. The van der Waals surface area contributed by atoms with Crippen LogP contribution in [-0.2, 0) is 0 Å². The fraction of sp³-hybridized carbons (Fsp3) is 0.571. The molecule has 1 fully saturated rings. The quantitative estimate of drug-likeness (QED) is 0.613. The van der Waals surface area contributed by atoms with Crippen molar-refractivity contribution in [2.45, 2.75) is 39.5 Å². The third-order valence-electron chi connectivity index (χ3n) is 3.68. The molecular formula is C14H20N2O2. The van der Waals surface area contributed by atoms with Gasteiger partial charge in [0.25, 0.3) is 5.69 Å². The van der Waals surface area contributed by atoms with Gasteiger partial charge in [0.2, 0.25) is 0 Å². The molecule has 0 unspecified atom stereocenters. The van der Waals surface area contributed by atoms with Gasteiger partial charge in [-0.15, -0.1) is 0 Å². The highest BCUT2D eigenvalue weighted by Gasteiger charge is 2.41. The molecule has 0 radical (unpaired) electrons. The molecular weight excluding hydrogens is 228 g/mol. The van der Waals surface area contributed by atoms with Crippen LogP contribution in [-0.4, -0.2) is 11.5 Å². The van der Waals surface area contributed by atoms with E-state index in [9.17, 15) is 10.1 Å². The van der Waals surface area contributed by atoms with Gasteiger partial charge in [0.15, 0.2) is 0 Å². The Morgan fingerprint density at radius 2 is 2.11 bits per heavy atom. The van der Waals surface area contributed by atoms with Crippen molar-refractivity contribution in [2.75, 3.05) is 11.9 Å². The molecule has 1 saturated carbocycles. The van der Waals surface area contributed by atoms with E-state index in [0.717, 1.165) is 17.8 Å². The monoisotopic (exact) mass is 248 g/mol. The first-order valence-corrected chi connectivity index (χ1v) is 6.55. The molecule has 0 aromatic heterocycles. The maximum Gasteiger partial charge on any atom is 0.271 e. The Morgan fingerprint density at radius 1 is 1.39 bits per heavy atom. The first-order valence-electron chi connectivity index (χ1n) is 6.55. The van der Waals surface area contributed by atoms with Crippen molar-refractivity contribution in [1.29, 1.82) is 0 Å². The van der Waals surface area contributed by atoms with Crippen LogP contribution in [0.4, 0.5) is 11.4 Å². The van der Waals surface area contributed by atoms with E-state index in [1.807, 2.05) is 13.0 Å². The number of hydrogen-bond donors (Lipinski definition) is 1. The summed E-state index contributed by atoms with van der Waals surface area (Å²) in [6.07, 6.45) is 5.01. The maximum absolute atomic E-state index is 10.8. The summed E-state index contributed by atoms with van der Waals surface area (Å²) in [6, 6.07) is 5.19. The van der Waals surface area contributed by atoms with Crippen LogP contribution in [0.25, 0.3) is 0 Å². The van der Waals surface area contributed by atoms with Crippen molar-refractivity contribution in [2.24, 2.45) is 5.41 Å². The highest BCUT2D eigenvalue weighted by atomic mass is 16.6. The molecule has 0 saturated heterocycles. The molecule has 0 atom stereocenters. The van der Waals surface area contributed by atoms with Gasteiger partial charge in [-0.25, -0.2) is 0 Å². The minimum Gasteiger partial charge on any atom is -0.384 e. The summed E-state index contributed by atoms with van der Waals surface area (Å²) in [5.74, 6) is 0. The lowest BCUT2D eigenvalue weighted by atomic mass is 10.0. The molecule has 4 heteroatoms. The highest BCUT2D eigenvalue weighted by molar-refractivity contribution is 5.54. The van der Waals surface area contributed by atoms with Gasteiger partial charge < -0.3 is 5.32 Å². The number of anilines is 1. The number of non-ortho nitro benzene ring substituents is 1. The van der Waals surface area contributed by atoms with E-state index in [1.165, 1.54) is 25.7 Å². The van der Waals surface area contributed by atoms with Gasteiger partial charge in [0.1, 0.15) is 0 Å². The molecule has 2 rings (SSSR count). The number of benzene rings is 1. The van der Waals surface area contributed by atoms with Gasteiger partial charge in [-0.2, -0.15) is 0 Å². The smallest absolute Gasteiger partial charge is 0.271 e. The van der Waals surface area contributed by atoms with Gasteiger partial charge in [-0.1, -0.05) is 13.3 Å². The summed E-state index contributed by atoms with van der Waals surface area (Å²) in [5, 5.41) is 14.2. The number of nitrogens with zero attached hydrogens (tertiary/aromatic N) is 1. The Morgan fingerprint density at radius 3 is 2.67 bits per heavy atom. The molecule has 0 bridgehead atoms. The van der Waals surface area contributed by atoms with Crippen LogP contribution in [0.3, 0.4) is 0 Å². The Bertz CT molecular complexity index is 453. The minimum absolute atomic E-state index is 0.165. The van der Waals surface area contributed by atoms with Crippen LogP contribution in [0.2, 0.25) is 0 Å². The van der Waals surface area contributed by atoms with E-state index in [2.05, 4.69) is 12.2 Å². The number of nitro groups is 1. The topological polar surface area (TPSA) is 55.2 Å². The first kappa shape index (κ1) is 12.9. The Labute approximate surface area is 108 Å². The SMILES string of the molecule is CCCC1(CNc2cc(C)cc([N+](=O)[O-])c2)CC1. The Kier molecular flexibility index (Phi) is 3.55. The van der Waals surface area contributed by atoms with E-state index >= 15 is 0 Å². The molecule has 18 heavy (non-hydrogen) atoms. The average molecular weight is 248 g/mol. The fourth-order valence-corrected chi connectivity index (χ4v) is 2.48. The van der Waals surface area contributed by atoms with E-state index in [4.69, 9.17) is 0 Å². The summed E-state index contributed by atoms with van der Waals surface area (Å²) in [4.78, 5) is 10.5. The van der Waals surface area contributed by atoms with Crippen LogP contribution in [0.1, 0.15) is 38.2 Å². The fourth-order valence-electron chi connectivity index (χ4n) is 2.48. The molecule has 0 amide bonds. The number of nitro benzene ring substituents is 1. The van der Waals surface area contributed by atoms with Gasteiger partial charge in [0, 0.05) is 24.4 Å². The molecule has 1 aromatic carbocycles. The van der Waals surface area contributed by atoms with Gasteiger partial charge in [0.05, 0.1) is 4.92 Å². The predicted octanol–water partition coefficient (Wildman–Crippen LogP) is 3.90. The summed E-state index contributed by atoms with van der Waals surface area (Å²) < 4.78 is 0. The van der Waals surface area contributed by atoms with Crippen LogP contribution < -0.4 is 5.32 Å². The lowest BCUT2D eigenvalue weighted by Crippen LogP contribution is -2.15. The number of nitrogens with one attached hydrogen (secondary N) is 1. The molecule has 1 aliphatic rings. The third kappa shape index (κ3) is 3.00. The summed E-state index contributed by atoms with van der Waals surface area (Å²) in [5.41, 5.74) is 2.40. The highest BCUT2D eigenvalue weighted by Crippen LogP contribution is 2.49. The molecule has 1 N–H and O–H groups in total. The Balaban J connectivity index is 2.03. The Hall–Kier alpha value is -1.58. The van der Waals surface area contributed by atoms with Crippen LogP contribution in [0.15, 0.2) is 18.2 Å². The van der Waals surface area contributed by atoms with Crippen LogP contribution >= 0.6 is 0 Å². The van der Waals surface area contributed by atoms with E-state index < -0.39 is 0 Å². The number of hydrogen-bond acceptors (Lipinski definition) is 3. The number of rotatable bonds is 6. The van der Waals surface area contributed by atoms with Gasteiger partial charge >= 0.3 is 0 Å². The van der Waals surface area contributed by atoms with Crippen molar-refractivity contribution >= 4 is 11.4 Å². The predicted molar refractivity (Wildman–Crippen MR) is 72.9 cm³/mol. The first-order chi connectivity index (χ1) is 8.54. The molecule has 0 spiro atoms. The second kappa shape index (κ2) is 4.96. The molecule has 4 nitrogen and oxygen atoms in total. The van der Waals surface area contributed by atoms with Crippen molar-refractivity contribution in [3.63, 3.8) is 0 Å². The second-order valence-corrected chi connectivity index (χ2v) is 5.42. The van der Waals surface area contributed by atoms with Crippen LogP contribution in [0.5, 0.6) is 0 Å². The van der Waals surface area contributed by atoms with E-state index in [0.29, 0.717) is 5.41 Å². The molecule has 1 aromatic rings. The normalized spacial score (nSPS) is 16.3. The number of aryl methyl sites for hydroxylation is 1. The zero-order valence-electron chi connectivity index (χ0n) is 11.0. The van der Waals surface area contributed by atoms with Crippen molar-refractivity contribution in [3.8, 4) is 0 Å². The second-order valence-electron chi connectivity index (χ2n) is 5.42. The lowest BCUT2D eigenvalue weighted by molar-refractivity contribution is -0.384. The average Bonchev–Trinajstić information content (AvgIpc) is 3.07. The van der Waals surface area contributed by atoms with Gasteiger partial charge in [-0.05, 0) is 43.2 Å². The van der Waals surface area contributed by atoms with Crippen molar-refractivity contribution < 1.29 is 4.92 Å². The van der Waals surface area contributed by atoms with Gasteiger partial charge in [-0.3, -0.25) is 10.1 Å². The zero-order valence-corrected chi connectivity index (χ0v) is 11.0. The largest absolute Gasteiger partial charge is 0.384 e. The standard InChI is InChI=1S/C14H20N2O2/c1-3-4-14(5-6-14)10-15-12-7-11(2)8-13(9-12)16(17)18/h7-9,15H,3-6,10H2,1-2H3. The van der Waals surface area contributed by atoms with Crippen LogP contribution in [0, 0.1) is 22.5 Å². The summed E-state index contributed by atoms with van der Waals surface area (Å²) in [6.45, 7) is 5.02. The minimum atomic E-state index is -0.336. The maximum atomic E-state index is 10.8. The lowest BCUT2D eigenvalue weighted by Gasteiger charge is -2.16. The van der Waals surface area contributed by atoms with E-state index in [-0.39, 0.29) is 10.6 Å². The van der Waals surface area contributed by atoms with Crippen molar-refractivity contribution in [1.82, 2.24) is 0 Å². The van der Waals surface area contributed by atoms with Crippen molar-refractivity contribution in [3.05, 3.63) is 33.9 Å². The zero-order chi connectivity index (χ0) is 13.2. The summed E-state index contributed by atoms with van der Waals surface area (Å²) in [7, 11) is 0. The molecule has 0 aliphatic heterocycles. The van der Waals surface area contributed by atoms with E-state index in [1.54, 1.807) is 12.1 Å².